The third-order valence-electron chi connectivity index (χ3n) is 2.39. The van der Waals surface area contributed by atoms with Crippen LogP contribution in [0.1, 0.15) is 5.56 Å². The Balaban J connectivity index is 2.36. The van der Waals surface area contributed by atoms with Crippen molar-refractivity contribution in [2.75, 3.05) is 0 Å². The minimum Gasteiger partial charge on any atom is -0.432 e. The topological polar surface area (TPSA) is 85.5 Å². The molecule has 0 aliphatic rings. The summed E-state index contributed by atoms with van der Waals surface area (Å²) in [5, 5.41) is 19.8. The monoisotopic (exact) mass is 342 g/mol. The van der Waals surface area contributed by atoms with Crippen molar-refractivity contribution in [3.63, 3.8) is 0 Å². The molecule has 0 bridgehead atoms. The first-order valence-electron chi connectivity index (χ1n) is 5.38. The van der Waals surface area contributed by atoms with Gasteiger partial charge in [0.1, 0.15) is 5.82 Å². The number of ether oxygens (including phenoxy) is 1. The molecule has 0 aliphatic carbocycles. The molecule has 0 atom stereocenters. The number of hydrogen-bond acceptors (Lipinski definition) is 5. The molecule has 104 valence electrons. The maximum absolute atomic E-state index is 13.4. The molecular formula is C12H8BrFN2O4. The fourth-order valence-corrected chi connectivity index (χ4v) is 1.75. The van der Waals surface area contributed by atoms with Gasteiger partial charge in [-0.3, -0.25) is 10.1 Å². The number of nitro groups is 1. The summed E-state index contributed by atoms with van der Waals surface area (Å²) in [5.41, 5.74) is 0.181. The van der Waals surface area contributed by atoms with Crippen LogP contribution in [0.2, 0.25) is 0 Å². The van der Waals surface area contributed by atoms with Crippen molar-refractivity contribution in [3.05, 3.63) is 56.4 Å². The molecule has 0 unspecified atom stereocenters. The summed E-state index contributed by atoms with van der Waals surface area (Å²) in [5.74, 6) is -0.871. The van der Waals surface area contributed by atoms with Gasteiger partial charge >= 0.3 is 5.69 Å². The van der Waals surface area contributed by atoms with Gasteiger partial charge in [-0.25, -0.2) is 9.37 Å². The van der Waals surface area contributed by atoms with Gasteiger partial charge in [0.2, 0.25) is 11.6 Å². The molecule has 2 aromatic rings. The zero-order chi connectivity index (χ0) is 14.7. The normalized spacial score (nSPS) is 10.3. The molecule has 0 radical (unpaired) electrons. The minimum absolute atomic E-state index is 0.0277. The summed E-state index contributed by atoms with van der Waals surface area (Å²) in [7, 11) is 0. The molecule has 0 saturated carbocycles. The number of halogens is 2. The minimum atomic E-state index is -0.683. The van der Waals surface area contributed by atoms with E-state index in [-0.39, 0.29) is 28.4 Å². The van der Waals surface area contributed by atoms with Crippen LogP contribution in [-0.4, -0.2) is 15.0 Å². The van der Waals surface area contributed by atoms with E-state index >= 15 is 0 Å². The Hall–Kier alpha value is -2.06. The Bertz CT molecular complexity index is 649. The molecule has 1 N–H and O–H groups in total. The number of aliphatic hydroxyl groups excluding tert-OH is 1. The Kier molecular flexibility index (Phi) is 4.26. The Morgan fingerprint density at radius 2 is 2.20 bits per heavy atom. The number of aromatic nitrogens is 1. The fourth-order valence-electron chi connectivity index (χ4n) is 1.42. The Morgan fingerprint density at radius 3 is 2.75 bits per heavy atom. The highest BCUT2D eigenvalue weighted by Gasteiger charge is 2.20. The fraction of sp³-hybridized carbons (Fsp3) is 0.0833. The maximum Gasteiger partial charge on any atom is 0.312 e. The number of rotatable bonds is 4. The molecule has 2 rings (SSSR count). The molecule has 1 heterocycles. The molecule has 0 saturated heterocycles. The van der Waals surface area contributed by atoms with Crippen LogP contribution in [0.4, 0.5) is 10.1 Å². The highest BCUT2D eigenvalue weighted by molar-refractivity contribution is 9.10. The van der Waals surface area contributed by atoms with Crippen LogP contribution in [0, 0.1) is 15.9 Å². The largest absolute Gasteiger partial charge is 0.432 e. The van der Waals surface area contributed by atoms with E-state index in [0.29, 0.717) is 5.56 Å². The van der Waals surface area contributed by atoms with E-state index in [2.05, 4.69) is 20.9 Å². The van der Waals surface area contributed by atoms with E-state index in [9.17, 15) is 14.5 Å². The molecule has 20 heavy (non-hydrogen) atoms. The smallest absolute Gasteiger partial charge is 0.312 e. The van der Waals surface area contributed by atoms with Gasteiger partial charge in [0.05, 0.1) is 16.0 Å². The summed E-state index contributed by atoms with van der Waals surface area (Å²) in [6, 6.07) is 4.90. The molecule has 8 heteroatoms. The van der Waals surface area contributed by atoms with Crippen LogP contribution in [-0.2, 0) is 6.61 Å². The number of aliphatic hydroxyl groups is 1. The molecule has 6 nitrogen and oxygen atoms in total. The van der Waals surface area contributed by atoms with Gasteiger partial charge in [0.15, 0.2) is 0 Å². The van der Waals surface area contributed by atoms with Crippen molar-refractivity contribution in [1.29, 1.82) is 0 Å². The third kappa shape index (κ3) is 3.09. The maximum atomic E-state index is 13.4. The second-order valence-electron chi connectivity index (χ2n) is 3.76. The van der Waals surface area contributed by atoms with Crippen LogP contribution in [0.25, 0.3) is 0 Å². The van der Waals surface area contributed by atoms with Gasteiger partial charge in [0.25, 0.3) is 0 Å². The standard InChI is InChI=1S/C12H8BrFN2O4/c13-8-3-10(16(18)19)11(4-9(8)14)20-12-2-1-7(6-17)5-15-12/h1-5,17H,6H2. The average molecular weight is 343 g/mol. The van der Waals surface area contributed by atoms with Gasteiger partial charge in [-0.2, -0.15) is 0 Å². The van der Waals surface area contributed by atoms with Crippen LogP contribution in [0.5, 0.6) is 11.6 Å². The zero-order valence-electron chi connectivity index (χ0n) is 9.92. The van der Waals surface area contributed by atoms with Crippen LogP contribution in [0.3, 0.4) is 0 Å². The summed E-state index contributed by atoms with van der Waals surface area (Å²) in [6.07, 6.45) is 1.36. The number of hydrogen-bond donors (Lipinski definition) is 1. The molecule has 0 spiro atoms. The summed E-state index contributed by atoms with van der Waals surface area (Å²) in [4.78, 5) is 14.1. The van der Waals surface area contributed by atoms with E-state index in [4.69, 9.17) is 9.84 Å². The predicted molar refractivity (Wildman–Crippen MR) is 71.0 cm³/mol. The molecule has 0 amide bonds. The van der Waals surface area contributed by atoms with Gasteiger partial charge < -0.3 is 9.84 Å². The number of benzene rings is 1. The molecular weight excluding hydrogens is 335 g/mol. The second-order valence-corrected chi connectivity index (χ2v) is 4.61. The third-order valence-corrected chi connectivity index (χ3v) is 3.00. The lowest BCUT2D eigenvalue weighted by Gasteiger charge is -2.06. The van der Waals surface area contributed by atoms with Crippen molar-refractivity contribution in [2.45, 2.75) is 6.61 Å². The van der Waals surface area contributed by atoms with Crippen molar-refractivity contribution in [1.82, 2.24) is 4.98 Å². The first kappa shape index (κ1) is 14.4. The van der Waals surface area contributed by atoms with Crippen molar-refractivity contribution in [3.8, 4) is 11.6 Å². The lowest BCUT2D eigenvalue weighted by molar-refractivity contribution is -0.385. The summed E-state index contributed by atoms with van der Waals surface area (Å²) in [6.45, 7) is -0.180. The first-order valence-corrected chi connectivity index (χ1v) is 6.17. The number of nitrogens with zero attached hydrogens (tertiary/aromatic N) is 2. The lowest BCUT2D eigenvalue weighted by atomic mass is 10.3. The van der Waals surface area contributed by atoms with E-state index in [1.54, 1.807) is 6.07 Å². The first-order chi connectivity index (χ1) is 9.51. The SMILES string of the molecule is O=[N+]([O-])c1cc(Br)c(F)cc1Oc1ccc(CO)cn1. The predicted octanol–water partition coefficient (Wildman–Crippen LogP) is 3.18. The van der Waals surface area contributed by atoms with Crippen molar-refractivity contribution in [2.24, 2.45) is 0 Å². The lowest BCUT2D eigenvalue weighted by Crippen LogP contribution is -1.96. The quantitative estimate of drug-likeness (QED) is 0.681. The van der Waals surface area contributed by atoms with Crippen molar-refractivity contribution < 1.29 is 19.2 Å². The van der Waals surface area contributed by atoms with E-state index in [1.807, 2.05) is 0 Å². The van der Waals surface area contributed by atoms with E-state index in [1.165, 1.54) is 12.3 Å². The molecule has 0 aliphatic heterocycles. The Morgan fingerprint density at radius 1 is 1.45 bits per heavy atom. The highest BCUT2D eigenvalue weighted by Crippen LogP contribution is 2.34. The van der Waals surface area contributed by atoms with E-state index < -0.39 is 10.7 Å². The van der Waals surface area contributed by atoms with Crippen LogP contribution < -0.4 is 4.74 Å². The van der Waals surface area contributed by atoms with E-state index in [0.717, 1.165) is 12.1 Å². The molecule has 0 fully saturated rings. The zero-order valence-corrected chi connectivity index (χ0v) is 11.5. The van der Waals surface area contributed by atoms with Crippen LogP contribution in [0.15, 0.2) is 34.9 Å². The summed E-state index contributed by atoms with van der Waals surface area (Å²) >= 11 is 2.87. The van der Waals surface area contributed by atoms with Crippen molar-refractivity contribution >= 4 is 21.6 Å². The molecule has 1 aromatic heterocycles. The van der Waals surface area contributed by atoms with Gasteiger partial charge in [0, 0.05) is 24.4 Å². The number of pyridine rings is 1. The molecule has 1 aromatic carbocycles. The second kappa shape index (κ2) is 5.93. The van der Waals surface area contributed by atoms with Gasteiger partial charge in [-0.1, -0.05) is 0 Å². The summed E-state index contributed by atoms with van der Waals surface area (Å²) < 4.78 is 18.6. The Labute approximate surface area is 121 Å². The van der Waals surface area contributed by atoms with Crippen LogP contribution >= 0.6 is 15.9 Å². The number of nitro benzene ring substituents is 1. The van der Waals surface area contributed by atoms with Gasteiger partial charge in [-0.05, 0) is 27.6 Å². The highest BCUT2D eigenvalue weighted by atomic mass is 79.9. The average Bonchev–Trinajstić information content (AvgIpc) is 2.43. The van der Waals surface area contributed by atoms with Gasteiger partial charge in [-0.15, -0.1) is 0 Å².